The number of hydroxylamine groups is 1. The Labute approximate surface area is 197 Å². The Hall–Kier alpha value is -3.53. The first kappa shape index (κ1) is 23.6. The van der Waals surface area contributed by atoms with Crippen LogP contribution in [0.2, 0.25) is 0 Å². The number of aromatic nitrogens is 1. The molecule has 1 aromatic heterocycles. The number of halogens is 1. The third-order valence-corrected chi connectivity index (χ3v) is 6.03. The Morgan fingerprint density at radius 3 is 2.59 bits per heavy atom. The largest absolute Gasteiger partial charge is 0.427 e. The van der Waals surface area contributed by atoms with Crippen molar-refractivity contribution in [2.75, 3.05) is 6.54 Å². The Morgan fingerprint density at radius 2 is 1.97 bits per heavy atom. The van der Waals surface area contributed by atoms with Crippen LogP contribution in [0.15, 0.2) is 48.7 Å². The number of nitrogens with zero attached hydrogens (tertiary/aromatic N) is 2. The Kier molecular flexibility index (Phi) is 7.06. The molecule has 2 aromatic rings. The molecule has 180 valence electrons. The van der Waals surface area contributed by atoms with Crippen molar-refractivity contribution in [1.29, 1.82) is 0 Å². The number of benzene rings is 1. The van der Waals surface area contributed by atoms with Gasteiger partial charge in [-0.15, -0.1) is 5.48 Å². The summed E-state index contributed by atoms with van der Waals surface area (Å²) in [5.74, 6) is -0.605. The zero-order valence-electron chi connectivity index (χ0n) is 19.0. The summed E-state index contributed by atoms with van der Waals surface area (Å²) in [6.07, 6.45) is -1.22. The molecular weight excluding hydrogens is 441 g/mol. The van der Waals surface area contributed by atoms with Crippen LogP contribution < -0.4 is 16.1 Å². The average Bonchev–Trinajstić information content (AvgIpc) is 3.43. The maximum atomic E-state index is 14.3. The van der Waals surface area contributed by atoms with Crippen LogP contribution in [0.4, 0.5) is 9.18 Å². The molecule has 2 fully saturated rings. The summed E-state index contributed by atoms with van der Waals surface area (Å²) >= 11 is 0. The van der Waals surface area contributed by atoms with E-state index in [4.69, 9.17) is 0 Å². The van der Waals surface area contributed by atoms with Gasteiger partial charge in [-0.2, -0.15) is 0 Å². The van der Waals surface area contributed by atoms with Crippen molar-refractivity contribution >= 4 is 17.9 Å². The molecule has 3 heterocycles. The van der Waals surface area contributed by atoms with Crippen LogP contribution >= 0.6 is 0 Å². The summed E-state index contributed by atoms with van der Waals surface area (Å²) < 4.78 is 14.3. The van der Waals surface area contributed by atoms with E-state index in [-0.39, 0.29) is 19.4 Å². The number of nitrogens with one attached hydrogen (secondary N) is 3. The Balaban J connectivity index is 1.52. The average molecular weight is 470 g/mol. The van der Waals surface area contributed by atoms with Crippen molar-refractivity contribution in [1.82, 2.24) is 26.0 Å². The predicted octanol–water partition coefficient (Wildman–Crippen LogP) is 2.31. The SMILES string of the molecule is CC(C)c1ccc([C@@H](NC(=O)[C@@H]2C[C@@H](F)CN2C(=O)CC2NOC(=O)N2)c2ccccc2)nc1. The smallest absolute Gasteiger partial charge is 0.352 e. The van der Waals surface area contributed by atoms with Crippen molar-refractivity contribution < 1.29 is 23.6 Å². The van der Waals surface area contributed by atoms with Crippen molar-refractivity contribution in [3.8, 4) is 0 Å². The van der Waals surface area contributed by atoms with E-state index in [1.807, 2.05) is 42.5 Å². The summed E-state index contributed by atoms with van der Waals surface area (Å²) in [4.78, 5) is 47.7. The number of alkyl halides is 1. The second kappa shape index (κ2) is 10.2. The predicted molar refractivity (Wildman–Crippen MR) is 121 cm³/mol. The number of carbonyl (C=O) groups is 3. The lowest BCUT2D eigenvalue weighted by Crippen LogP contribution is -2.49. The van der Waals surface area contributed by atoms with Gasteiger partial charge >= 0.3 is 6.09 Å². The number of carbonyl (C=O) groups excluding carboxylic acids is 3. The second-order valence-corrected chi connectivity index (χ2v) is 8.83. The molecule has 0 bridgehead atoms. The molecule has 0 spiro atoms. The highest BCUT2D eigenvalue weighted by molar-refractivity contribution is 5.89. The van der Waals surface area contributed by atoms with Gasteiger partial charge < -0.3 is 20.4 Å². The van der Waals surface area contributed by atoms with Crippen LogP contribution in [-0.2, 0) is 14.4 Å². The standard InChI is InChI=1S/C24H28FN5O4/c1-14(2)16-8-9-18(26-12-16)22(15-6-4-3-5-7-15)28-23(32)19-10-17(25)13-30(19)21(31)11-20-27-24(33)34-29-20/h3-9,12,14,17,19-20,22,29H,10-11,13H2,1-2H3,(H,27,33)(H,28,32)/t17-,19+,20?,22+/m1/s1. The lowest BCUT2D eigenvalue weighted by Gasteiger charge is -2.27. The summed E-state index contributed by atoms with van der Waals surface area (Å²) in [6, 6.07) is 11.7. The Morgan fingerprint density at radius 1 is 1.21 bits per heavy atom. The van der Waals surface area contributed by atoms with Crippen molar-refractivity contribution in [2.24, 2.45) is 0 Å². The summed E-state index contributed by atoms with van der Waals surface area (Å²) in [7, 11) is 0. The van der Waals surface area contributed by atoms with E-state index in [0.29, 0.717) is 11.6 Å². The van der Waals surface area contributed by atoms with Gasteiger partial charge in [0.1, 0.15) is 18.4 Å². The highest BCUT2D eigenvalue weighted by Gasteiger charge is 2.41. The van der Waals surface area contributed by atoms with Gasteiger partial charge in [-0.05, 0) is 23.1 Å². The number of hydrogen-bond donors (Lipinski definition) is 3. The van der Waals surface area contributed by atoms with Gasteiger partial charge in [0.15, 0.2) is 0 Å². The molecule has 3 amide bonds. The van der Waals surface area contributed by atoms with E-state index in [1.54, 1.807) is 6.20 Å². The maximum absolute atomic E-state index is 14.3. The lowest BCUT2D eigenvalue weighted by atomic mass is 10.00. The topological polar surface area (TPSA) is 113 Å². The van der Waals surface area contributed by atoms with E-state index in [2.05, 4.69) is 39.8 Å². The van der Waals surface area contributed by atoms with Crippen LogP contribution in [0.1, 0.15) is 55.5 Å². The molecule has 10 heteroatoms. The zero-order valence-corrected chi connectivity index (χ0v) is 19.0. The molecule has 1 aromatic carbocycles. The van der Waals surface area contributed by atoms with E-state index < -0.39 is 42.3 Å². The first-order valence-electron chi connectivity index (χ1n) is 11.3. The van der Waals surface area contributed by atoms with Gasteiger partial charge in [0, 0.05) is 12.6 Å². The number of hydrogen-bond acceptors (Lipinski definition) is 6. The van der Waals surface area contributed by atoms with Gasteiger partial charge in [0.05, 0.1) is 24.7 Å². The lowest BCUT2D eigenvalue weighted by molar-refractivity contribution is -0.139. The van der Waals surface area contributed by atoms with Crippen molar-refractivity contribution in [3.05, 3.63) is 65.5 Å². The molecule has 2 aliphatic heterocycles. The molecular formula is C24H28FN5O4. The molecule has 3 N–H and O–H groups in total. The van der Waals surface area contributed by atoms with Crippen LogP contribution in [0.25, 0.3) is 0 Å². The Bertz CT molecular complexity index is 1030. The van der Waals surface area contributed by atoms with E-state index in [9.17, 15) is 18.8 Å². The van der Waals surface area contributed by atoms with Gasteiger partial charge in [0.25, 0.3) is 0 Å². The minimum Gasteiger partial charge on any atom is -0.352 e. The number of pyridine rings is 1. The van der Waals surface area contributed by atoms with Crippen molar-refractivity contribution in [2.45, 2.75) is 57.0 Å². The van der Waals surface area contributed by atoms with E-state index in [1.165, 1.54) is 4.90 Å². The molecule has 0 saturated carbocycles. The minimum absolute atomic E-state index is 0.0975. The zero-order chi connectivity index (χ0) is 24.2. The maximum Gasteiger partial charge on any atom is 0.427 e. The third kappa shape index (κ3) is 5.33. The highest BCUT2D eigenvalue weighted by Crippen LogP contribution is 2.26. The number of rotatable bonds is 7. The molecule has 1 unspecified atom stereocenters. The highest BCUT2D eigenvalue weighted by atomic mass is 19.1. The molecule has 9 nitrogen and oxygen atoms in total. The van der Waals surface area contributed by atoms with Crippen LogP contribution in [0.3, 0.4) is 0 Å². The van der Waals surface area contributed by atoms with Crippen LogP contribution in [0, 0.1) is 0 Å². The fourth-order valence-corrected chi connectivity index (χ4v) is 4.16. The fraction of sp³-hybridized carbons (Fsp3) is 0.417. The second-order valence-electron chi connectivity index (χ2n) is 8.83. The van der Waals surface area contributed by atoms with Crippen molar-refractivity contribution in [3.63, 3.8) is 0 Å². The molecule has 2 aliphatic rings. The molecule has 4 rings (SSSR count). The van der Waals surface area contributed by atoms with E-state index in [0.717, 1.165) is 11.1 Å². The molecule has 34 heavy (non-hydrogen) atoms. The normalized spacial score (nSPS) is 22.9. The minimum atomic E-state index is -1.32. The molecule has 2 saturated heterocycles. The van der Waals surface area contributed by atoms with Gasteiger partial charge in [-0.1, -0.05) is 50.2 Å². The molecule has 0 radical (unpaired) electrons. The van der Waals surface area contributed by atoms with E-state index >= 15 is 0 Å². The summed E-state index contributed by atoms with van der Waals surface area (Å²) in [6.45, 7) is 3.96. The fourth-order valence-electron chi connectivity index (χ4n) is 4.16. The number of likely N-dealkylation sites (tertiary alicyclic amines) is 1. The molecule has 0 aliphatic carbocycles. The third-order valence-electron chi connectivity index (χ3n) is 6.03. The first-order chi connectivity index (χ1) is 16.3. The first-order valence-corrected chi connectivity index (χ1v) is 11.3. The van der Waals surface area contributed by atoms with Gasteiger partial charge in [-0.3, -0.25) is 14.6 Å². The van der Waals surface area contributed by atoms with Crippen LogP contribution in [-0.4, -0.2) is 52.7 Å². The molecule has 4 atom stereocenters. The van der Waals surface area contributed by atoms with Crippen LogP contribution in [0.5, 0.6) is 0 Å². The van der Waals surface area contributed by atoms with Gasteiger partial charge in [-0.25, -0.2) is 9.18 Å². The summed E-state index contributed by atoms with van der Waals surface area (Å²) in [5.41, 5.74) is 4.94. The monoisotopic (exact) mass is 469 g/mol. The quantitative estimate of drug-likeness (QED) is 0.574. The summed E-state index contributed by atoms with van der Waals surface area (Å²) in [5, 5.41) is 5.40. The number of amides is 3. The van der Waals surface area contributed by atoms with Gasteiger partial charge in [0.2, 0.25) is 11.8 Å².